The second-order valence-corrected chi connectivity index (χ2v) is 4.14. The summed E-state index contributed by atoms with van der Waals surface area (Å²) in [6, 6.07) is 3.70. The van der Waals surface area contributed by atoms with Crippen molar-refractivity contribution in [3.63, 3.8) is 0 Å². The molecule has 3 heteroatoms. The van der Waals surface area contributed by atoms with E-state index in [0.717, 1.165) is 12.4 Å². The van der Waals surface area contributed by atoms with Crippen LogP contribution in [0.25, 0.3) is 0 Å². The van der Waals surface area contributed by atoms with Gasteiger partial charge < -0.3 is 9.47 Å². The minimum Gasteiger partial charge on any atom is -0.495 e. The molecule has 0 radical (unpaired) electrons. The van der Waals surface area contributed by atoms with Crippen molar-refractivity contribution in [1.82, 2.24) is 4.98 Å². The maximum absolute atomic E-state index is 5.57. The van der Waals surface area contributed by atoms with E-state index in [1.54, 1.807) is 13.3 Å². The van der Waals surface area contributed by atoms with Crippen molar-refractivity contribution in [1.29, 1.82) is 0 Å². The lowest BCUT2D eigenvalue weighted by Crippen LogP contribution is -2.09. The van der Waals surface area contributed by atoms with Crippen LogP contribution in [0.2, 0.25) is 0 Å². The van der Waals surface area contributed by atoms with E-state index in [4.69, 9.17) is 9.47 Å². The van der Waals surface area contributed by atoms with Crippen LogP contribution in [0.5, 0.6) is 11.6 Å². The lowest BCUT2D eigenvalue weighted by Gasteiger charge is -2.09. The molecule has 76 valence electrons. The molecule has 1 aliphatic carbocycles. The van der Waals surface area contributed by atoms with E-state index < -0.39 is 0 Å². The van der Waals surface area contributed by atoms with Crippen LogP contribution in [-0.4, -0.2) is 18.7 Å². The smallest absolute Gasteiger partial charge is 0.213 e. The molecule has 14 heavy (non-hydrogen) atoms. The maximum atomic E-state index is 5.57. The van der Waals surface area contributed by atoms with Crippen LogP contribution >= 0.6 is 0 Å². The van der Waals surface area contributed by atoms with Gasteiger partial charge in [0, 0.05) is 11.5 Å². The summed E-state index contributed by atoms with van der Waals surface area (Å²) in [4.78, 5) is 4.13. The lowest BCUT2D eigenvalue weighted by atomic mass is 10.2. The standard InChI is InChI=1S/C11H15NO2/c1-11(5-6-11)8-14-10-4-3-9(13-2)7-12-10/h3-4,7H,5-6,8H2,1-2H3. The number of pyridine rings is 1. The van der Waals surface area contributed by atoms with Crippen LogP contribution in [0, 0.1) is 5.41 Å². The predicted octanol–water partition coefficient (Wildman–Crippen LogP) is 2.27. The average Bonchev–Trinajstić information content (AvgIpc) is 2.95. The second kappa shape index (κ2) is 3.48. The first-order valence-corrected chi connectivity index (χ1v) is 4.85. The normalized spacial score (nSPS) is 17.6. The van der Waals surface area contributed by atoms with Crippen LogP contribution in [0.15, 0.2) is 18.3 Å². The second-order valence-electron chi connectivity index (χ2n) is 4.14. The molecule has 0 saturated heterocycles. The molecular weight excluding hydrogens is 178 g/mol. The van der Waals surface area contributed by atoms with Crippen LogP contribution in [0.4, 0.5) is 0 Å². The Morgan fingerprint density at radius 2 is 2.21 bits per heavy atom. The highest BCUT2D eigenvalue weighted by Gasteiger charge is 2.38. The van der Waals surface area contributed by atoms with Gasteiger partial charge in [-0.1, -0.05) is 6.92 Å². The van der Waals surface area contributed by atoms with Crippen LogP contribution in [0.3, 0.4) is 0 Å². The van der Waals surface area contributed by atoms with E-state index >= 15 is 0 Å². The molecular formula is C11H15NO2. The highest BCUT2D eigenvalue weighted by Crippen LogP contribution is 2.44. The Bertz CT molecular complexity index is 304. The van der Waals surface area contributed by atoms with Gasteiger partial charge in [0.1, 0.15) is 5.75 Å². The van der Waals surface area contributed by atoms with Crippen molar-refractivity contribution in [2.45, 2.75) is 19.8 Å². The highest BCUT2D eigenvalue weighted by molar-refractivity contribution is 5.22. The van der Waals surface area contributed by atoms with E-state index in [9.17, 15) is 0 Å². The van der Waals surface area contributed by atoms with Crippen molar-refractivity contribution >= 4 is 0 Å². The molecule has 0 atom stereocenters. The van der Waals surface area contributed by atoms with Gasteiger partial charge in [-0.3, -0.25) is 0 Å². The number of ether oxygens (including phenoxy) is 2. The minimum atomic E-state index is 0.404. The van der Waals surface area contributed by atoms with Gasteiger partial charge in [0.05, 0.1) is 19.9 Å². The summed E-state index contributed by atoms with van der Waals surface area (Å²) < 4.78 is 10.6. The Balaban J connectivity index is 1.89. The molecule has 1 aromatic rings. The topological polar surface area (TPSA) is 31.4 Å². The average molecular weight is 193 g/mol. The molecule has 2 rings (SSSR count). The molecule has 1 aliphatic rings. The zero-order valence-corrected chi connectivity index (χ0v) is 8.62. The van der Waals surface area contributed by atoms with Crippen molar-refractivity contribution < 1.29 is 9.47 Å². The predicted molar refractivity (Wildman–Crippen MR) is 53.6 cm³/mol. The van der Waals surface area contributed by atoms with E-state index in [-0.39, 0.29) is 0 Å². The number of rotatable bonds is 4. The summed E-state index contributed by atoms with van der Waals surface area (Å²) >= 11 is 0. The van der Waals surface area contributed by atoms with Crippen molar-refractivity contribution in [2.75, 3.05) is 13.7 Å². The first-order valence-electron chi connectivity index (χ1n) is 4.85. The van der Waals surface area contributed by atoms with Crippen LogP contribution in [-0.2, 0) is 0 Å². The molecule has 0 spiro atoms. The molecule has 0 bridgehead atoms. The molecule has 0 amide bonds. The molecule has 1 heterocycles. The molecule has 3 nitrogen and oxygen atoms in total. The van der Waals surface area contributed by atoms with Gasteiger partial charge in [-0.25, -0.2) is 4.98 Å². The summed E-state index contributed by atoms with van der Waals surface area (Å²) in [5.74, 6) is 1.44. The van der Waals surface area contributed by atoms with Crippen molar-refractivity contribution in [3.05, 3.63) is 18.3 Å². The Hall–Kier alpha value is -1.25. The lowest BCUT2D eigenvalue weighted by molar-refractivity contribution is 0.238. The molecule has 0 unspecified atom stereocenters. The SMILES string of the molecule is COc1ccc(OCC2(C)CC2)nc1. The third-order valence-electron chi connectivity index (χ3n) is 2.62. The van der Waals surface area contributed by atoms with Crippen molar-refractivity contribution in [2.24, 2.45) is 5.41 Å². The number of nitrogens with zero attached hydrogens (tertiary/aromatic N) is 1. The van der Waals surface area contributed by atoms with Gasteiger partial charge in [-0.2, -0.15) is 0 Å². The molecule has 1 fully saturated rings. The number of hydrogen-bond acceptors (Lipinski definition) is 3. The number of methoxy groups -OCH3 is 1. The highest BCUT2D eigenvalue weighted by atomic mass is 16.5. The van der Waals surface area contributed by atoms with E-state index in [2.05, 4.69) is 11.9 Å². The van der Waals surface area contributed by atoms with E-state index in [1.807, 2.05) is 12.1 Å². The van der Waals surface area contributed by atoms with Gasteiger partial charge >= 0.3 is 0 Å². The monoisotopic (exact) mass is 193 g/mol. The quantitative estimate of drug-likeness (QED) is 0.735. The third kappa shape index (κ3) is 2.16. The van der Waals surface area contributed by atoms with Crippen molar-refractivity contribution in [3.8, 4) is 11.6 Å². The van der Waals surface area contributed by atoms with Gasteiger partial charge in [0.25, 0.3) is 0 Å². The number of aromatic nitrogens is 1. The molecule has 1 saturated carbocycles. The van der Waals surface area contributed by atoms with E-state index in [1.165, 1.54) is 12.8 Å². The van der Waals surface area contributed by atoms with E-state index in [0.29, 0.717) is 11.3 Å². The fourth-order valence-electron chi connectivity index (χ4n) is 1.18. The molecule has 0 aliphatic heterocycles. The third-order valence-corrected chi connectivity index (χ3v) is 2.62. The Kier molecular flexibility index (Phi) is 2.32. The molecule has 0 N–H and O–H groups in total. The first-order chi connectivity index (χ1) is 6.72. The van der Waals surface area contributed by atoms with Gasteiger partial charge in [0.15, 0.2) is 0 Å². The molecule has 0 aromatic carbocycles. The van der Waals surface area contributed by atoms with Gasteiger partial charge in [-0.15, -0.1) is 0 Å². The minimum absolute atomic E-state index is 0.404. The van der Waals surface area contributed by atoms with Gasteiger partial charge in [0.2, 0.25) is 5.88 Å². The Morgan fingerprint density at radius 3 is 2.71 bits per heavy atom. The zero-order chi connectivity index (χ0) is 10.0. The largest absolute Gasteiger partial charge is 0.495 e. The Labute approximate surface area is 84.1 Å². The fraction of sp³-hybridized carbons (Fsp3) is 0.545. The van der Waals surface area contributed by atoms with Crippen LogP contribution < -0.4 is 9.47 Å². The molecule has 1 aromatic heterocycles. The summed E-state index contributed by atoms with van der Waals surface area (Å²) in [5.41, 5.74) is 0.404. The summed E-state index contributed by atoms with van der Waals surface area (Å²) in [6.07, 6.45) is 4.21. The Morgan fingerprint density at radius 1 is 1.43 bits per heavy atom. The summed E-state index contributed by atoms with van der Waals surface area (Å²) in [5, 5.41) is 0. The zero-order valence-electron chi connectivity index (χ0n) is 8.62. The summed E-state index contributed by atoms with van der Waals surface area (Å²) in [6.45, 7) is 3.00. The van der Waals surface area contributed by atoms with Crippen LogP contribution in [0.1, 0.15) is 19.8 Å². The van der Waals surface area contributed by atoms with Gasteiger partial charge in [-0.05, 0) is 18.9 Å². The maximum Gasteiger partial charge on any atom is 0.213 e. The summed E-state index contributed by atoms with van der Waals surface area (Å²) in [7, 11) is 1.63. The number of hydrogen-bond donors (Lipinski definition) is 0. The fourth-order valence-corrected chi connectivity index (χ4v) is 1.18. The first kappa shape index (κ1) is 9.31.